The van der Waals surface area contributed by atoms with Crippen LogP contribution in [0, 0.1) is 0 Å². The predicted octanol–water partition coefficient (Wildman–Crippen LogP) is 3.39. The molecule has 6 nitrogen and oxygen atoms in total. The first-order valence-corrected chi connectivity index (χ1v) is 9.25. The van der Waals surface area contributed by atoms with Gasteiger partial charge in [-0.1, -0.05) is 23.7 Å². The van der Waals surface area contributed by atoms with Gasteiger partial charge in [-0.2, -0.15) is 0 Å². The van der Waals surface area contributed by atoms with Crippen molar-refractivity contribution in [3.05, 3.63) is 71.8 Å². The summed E-state index contributed by atoms with van der Waals surface area (Å²) >= 11 is 6.02. The topological polar surface area (TPSA) is 73.2 Å². The molecule has 0 aliphatic heterocycles. The van der Waals surface area contributed by atoms with Gasteiger partial charge in [0.25, 0.3) is 10.0 Å². The summed E-state index contributed by atoms with van der Waals surface area (Å²) in [6.07, 6.45) is 5.24. The summed E-state index contributed by atoms with van der Waals surface area (Å²) in [5, 5.41) is 0.235. The van der Waals surface area contributed by atoms with Crippen molar-refractivity contribution in [1.82, 2.24) is 9.55 Å². The molecule has 0 atom stereocenters. The average Bonchev–Trinajstić information content (AvgIpc) is 3.07. The first-order chi connectivity index (χ1) is 12.0. The number of sulfonamides is 1. The predicted molar refractivity (Wildman–Crippen MR) is 96.6 cm³/mol. The third kappa shape index (κ3) is 4.12. The molecule has 0 saturated carbocycles. The molecule has 3 rings (SSSR count). The van der Waals surface area contributed by atoms with E-state index in [9.17, 15) is 8.42 Å². The van der Waals surface area contributed by atoms with Crippen LogP contribution in [0.2, 0.25) is 5.02 Å². The number of methoxy groups -OCH3 is 1. The first kappa shape index (κ1) is 17.3. The number of hydrogen-bond donors (Lipinski definition) is 1. The third-order valence-corrected chi connectivity index (χ3v) is 5.21. The molecule has 0 spiro atoms. The second kappa shape index (κ2) is 7.16. The van der Waals surface area contributed by atoms with Crippen LogP contribution in [0.1, 0.15) is 5.56 Å². The smallest absolute Gasteiger partial charge is 0.261 e. The first-order valence-electron chi connectivity index (χ1n) is 7.39. The highest BCUT2D eigenvalue weighted by Crippen LogP contribution is 2.28. The number of ether oxygens (including phenoxy) is 1. The summed E-state index contributed by atoms with van der Waals surface area (Å²) < 4.78 is 34.6. The number of anilines is 1. The summed E-state index contributed by atoms with van der Waals surface area (Å²) in [6, 6.07) is 11.5. The van der Waals surface area contributed by atoms with Crippen molar-refractivity contribution in [2.45, 2.75) is 11.4 Å². The zero-order valence-corrected chi connectivity index (χ0v) is 15.0. The number of nitrogens with one attached hydrogen (secondary N) is 1. The van der Waals surface area contributed by atoms with Crippen molar-refractivity contribution in [2.75, 3.05) is 11.8 Å². The minimum atomic E-state index is -3.75. The average molecular weight is 378 g/mol. The van der Waals surface area contributed by atoms with Crippen molar-refractivity contribution in [3.63, 3.8) is 0 Å². The van der Waals surface area contributed by atoms with E-state index >= 15 is 0 Å². The van der Waals surface area contributed by atoms with Crippen LogP contribution in [0.4, 0.5) is 5.69 Å². The van der Waals surface area contributed by atoms with E-state index in [0.717, 1.165) is 5.56 Å². The van der Waals surface area contributed by atoms with Gasteiger partial charge in [0.05, 0.1) is 23.4 Å². The van der Waals surface area contributed by atoms with E-state index in [1.165, 1.54) is 25.3 Å². The quantitative estimate of drug-likeness (QED) is 0.714. The highest BCUT2D eigenvalue weighted by Gasteiger charge is 2.16. The lowest BCUT2D eigenvalue weighted by molar-refractivity contribution is 0.414. The second-order valence-electron chi connectivity index (χ2n) is 5.34. The molecule has 0 bridgehead atoms. The van der Waals surface area contributed by atoms with Crippen LogP contribution in [0.25, 0.3) is 0 Å². The van der Waals surface area contributed by atoms with Crippen LogP contribution < -0.4 is 9.46 Å². The lowest BCUT2D eigenvalue weighted by Gasteiger charge is -2.11. The molecule has 0 radical (unpaired) electrons. The van der Waals surface area contributed by atoms with E-state index in [4.69, 9.17) is 16.3 Å². The molecule has 130 valence electrons. The van der Waals surface area contributed by atoms with Gasteiger partial charge in [0.2, 0.25) is 0 Å². The molecule has 8 heteroatoms. The Balaban J connectivity index is 1.82. The van der Waals surface area contributed by atoms with E-state index in [1.54, 1.807) is 30.7 Å². The Hall–Kier alpha value is -2.51. The maximum Gasteiger partial charge on any atom is 0.261 e. The number of halogens is 1. The monoisotopic (exact) mass is 377 g/mol. The van der Waals surface area contributed by atoms with E-state index in [1.807, 2.05) is 16.8 Å². The van der Waals surface area contributed by atoms with Crippen LogP contribution in [-0.2, 0) is 16.6 Å². The Kier molecular flexibility index (Phi) is 4.96. The zero-order valence-electron chi connectivity index (χ0n) is 13.4. The summed E-state index contributed by atoms with van der Waals surface area (Å²) in [5.74, 6) is 0.419. The number of rotatable bonds is 6. The fourth-order valence-electron chi connectivity index (χ4n) is 2.35. The van der Waals surface area contributed by atoms with Crippen molar-refractivity contribution in [2.24, 2.45) is 0 Å². The number of nitrogens with zero attached hydrogens (tertiary/aromatic N) is 2. The molecular formula is C17H16ClN3O3S. The fourth-order valence-corrected chi connectivity index (χ4v) is 3.75. The van der Waals surface area contributed by atoms with Crippen LogP contribution in [0.3, 0.4) is 0 Å². The van der Waals surface area contributed by atoms with Gasteiger partial charge in [-0.3, -0.25) is 4.72 Å². The molecule has 2 aromatic carbocycles. The molecule has 0 unspecified atom stereocenters. The Bertz CT molecular complexity index is 973. The standard InChI is InChI=1S/C17H16ClN3O3S/c1-24-17-6-5-15(10-16(17)18)25(22,23)20-14-4-2-3-13(9-14)11-21-8-7-19-12-21/h2-10,12,20H,11H2,1H3. The molecule has 1 aromatic heterocycles. The van der Waals surface area contributed by atoms with Gasteiger partial charge in [-0.15, -0.1) is 0 Å². The van der Waals surface area contributed by atoms with E-state index in [0.29, 0.717) is 18.0 Å². The van der Waals surface area contributed by atoms with Gasteiger partial charge >= 0.3 is 0 Å². The maximum absolute atomic E-state index is 12.6. The molecule has 3 aromatic rings. The van der Waals surface area contributed by atoms with Gasteiger partial charge in [0.1, 0.15) is 5.75 Å². The minimum Gasteiger partial charge on any atom is -0.495 e. The molecule has 1 N–H and O–H groups in total. The molecule has 25 heavy (non-hydrogen) atoms. The normalized spacial score (nSPS) is 11.3. The van der Waals surface area contributed by atoms with Gasteiger partial charge in [-0.05, 0) is 35.9 Å². The summed E-state index contributed by atoms with van der Waals surface area (Å²) in [4.78, 5) is 4.06. The molecule has 0 fully saturated rings. The Morgan fingerprint density at radius 2 is 2.08 bits per heavy atom. The highest BCUT2D eigenvalue weighted by atomic mass is 35.5. The van der Waals surface area contributed by atoms with E-state index in [-0.39, 0.29) is 9.92 Å². The number of aromatic nitrogens is 2. The molecule has 0 aliphatic rings. The number of imidazole rings is 1. The van der Waals surface area contributed by atoms with Gasteiger partial charge in [-0.25, -0.2) is 13.4 Å². The van der Waals surface area contributed by atoms with Crippen LogP contribution in [0.15, 0.2) is 66.1 Å². The largest absolute Gasteiger partial charge is 0.495 e. The maximum atomic E-state index is 12.6. The summed E-state index contributed by atoms with van der Waals surface area (Å²) in [5.41, 5.74) is 1.43. The van der Waals surface area contributed by atoms with Crippen molar-refractivity contribution in [3.8, 4) is 5.75 Å². The summed E-state index contributed by atoms with van der Waals surface area (Å²) in [7, 11) is -2.28. The Morgan fingerprint density at radius 3 is 2.76 bits per heavy atom. The molecule has 0 amide bonds. The highest BCUT2D eigenvalue weighted by molar-refractivity contribution is 7.92. The molecule has 1 heterocycles. The number of benzene rings is 2. The lowest BCUT2D eigenvalue weighted by atomic mass is 10.2. The summed E-state index contributed by atoms with van der Waals surface area (Å²) in [6.45, 7) is 0.601. The Labute approximate surface area is 151 Å². The number of hydrogen-bond acceptors (Lipinski definition) is 4. The van der Waals surface area contributed by atoms with E-state index in [2.05, 4.69) is 9.71 Å². The molecule has 0 aliphatic carbocycles. The second-order valence-corrected chi connectivity index (χ2v) is 7.43. The van der Waals surface area contributed by atoms with Crippen molar-refractivity contribution >= 4 is 27.3 Å². The Morgan fingerprint density at radius 1 is 1.24 bits per heavy atom. The zero-order chi connectivity index (χ0) is 17.9. The van der Waals surface area contributed by atoms with Gasteiger partial charge in [0, 0.05) is 24.6 Å². The fraction of sp³-hybridized carbons (Fsp3) is 0.118. The lowest BCUT2D eigenvalue weighted by Crippen LogP contribution is -2.13. The molecular weight excluding hydrogens is 362 g/mol. The van der Waals surface area contributed by atoms with Crippen LogP contribution in [0.5, 0.6) is 5.75 Å². The van der Waals surface area contributed by atoms with Crippen LogP contribution in [-0.4, -0.2) is 25.1 Å². The van der Waals surface area contributed by atoms with Crippen molar-refractivity contribution < 1.29 is 13.2 Å². The van der Waals surface area contributed by atoms with Crippen molar-refractivity contribution in [1.29, 1.82) is 0 Å². The van der Waals surface area contributed by atoms with Crippen LogP contribution >= 0.6 is 11.6 Å². The van der Waals surface area contributed by atoms with E-state index < -0.39 is 10.0 Å². The third-order valence-electron chi connectivity index (χ3n) is 3.54. The minimum absolute atomic E-state index is 0.0679. The SMILES string of the molecule is COc1ccc(S(=O)(=O)Nc2cccc(Cn3ccnc3)c2)cc1Cl. The van der Waals surface area contributed by atoms with Gasteiger partial charge in [0.15, 0.2) is 0 Å². The van der Waals surface area contributed by atoms with Gasteiger partial charge < -0.3 is 9.30 Å². The molecule has 0 saturated heterocycles.